The zero-order chi connectivity index (χ0) is 15.4. The molecular formula is C14H10FNO5. The van der Waals surface area contributed by atoms with Crippen LogP contribution in [0, 0.1) is 15.9 Å². The first-order valence-electron chi connectivity index (χ1n) is 5.86. The fraction of sp³-hybridized carbons (Fsp3) is 0.0714. The Morgan fingerprint density at radius 2 is 1.90 bits per heavy atom. The van der Waals surface area contributed by atoms with Crippen molar-refractivity contribution in [3.63, 3.8) is 0 Å². The molecule has 0 saturated heterocycles. The Bertz CT molecular complexity index is 684. The zero-order valence-electron chi connectivity index (χ0n) is 10.7. The molecule has 1 N–H and O–H groups in total. The molecule has 2 aromatic rings. The van der Waals surface area contributed by atoms with E-state index >= 15 is 0 Å². The van der Waals surface area contributed by atoms with Crippen LogP contribution in [0.2, 0.25) is 0 Å². The quantitative estimate of drug-likeness (QED) is 0.675. The summed E-state index contributed by atoms with van der Waals surface area (Å²) in [4.78, 5) is 21.0. The fourth-order valence-electron chi connectivity index (χ4n) is 1.67. The number of nitro groups is 1. The second-order valence-corrected chi connectivity index (χ2v) is 4.16. The van der Waals surface area contributed by atoms with E-state index in [-0.39, 0.29) is 23.6 Å². The van der Waals surface area contributed by atoms with E-state index in [1.54, 1.807) is 0 Å². The number of carboxylic acids is 1. The monoisotopic (exact) mass is 291 g/mol. The van der Waals surface area contributed by atoms with Crippen LogP contribution in [0.3, 0.4) is 0 Å². The zero-order valence-corrected chi connectivity index (χ0v) is 10.7. The Morgan fingerprint density at radius 3 is 2.48 bits per heavy atom. The van der Waals surface area contributed by atoms with Gasteiger partial charge in [0, 0.05) is 18.2 Å². The Hall–Kier alpha value is -2.96. The molecule has 0 atom stereocenters. The standard InChI is InChI=1S/C14H10FNO5/c15-10-3-6-12(14(17)18)13(7-10)21-8-9-1-4-11(5-2-9)16(19)20/h1-7H,8H2,(H,17,18). The Kier molecular flexibility index (Phi) is 4.13. The third kappa shape index (κ3) is 3.53. The lowest BCUT2D eigenvalue weighted by molar-refractivity contribution is -0.384. The van der Waals surface area contributed by atoms with Crippen molar-refractivity contribution in [2.45, 2.75) is 6.61 Å². The average Bonchev–Trinajstić information content (AvgIpc) is 2.45. The van der Waals surface area contributed by atoms with Gasteiger partial charge >= 0.3 is 5.97 Å². The summed E-state index contributed by atoms with van der Waals surface area (Å²) in [5.41, 5.74) is 0.384. The molecule has 108 valence electrons. The molecule has 0 aliphatic carbocycles. The van der Waals surface area contributed by atoms with Gasteiger partial charge in [-0.1, -0.05) is 0 Å². The van der Waals surface area contributed by atoms with Gasteiger partial charge in [0.1, 0.15) is 23.7 Å². The highest BCUT2D eigenvalue weighted by Gasteiger charge is 2.12. The van der Waals surface area contributed by atoms with E-state index in [1.807, 2.05) is 0 Å². The molecule has 0 radical (unpaired) electrons. The van der Waals surface area contributed by atoms with Crippen molar-refractivity contribution < 1.29 is 24.0 Å². The number of carboxylic acid groups (broad SMARTS) is 1. The van der Waals surface area contributed by atoms with Crippen molar-refractivity contribution in [1.29, 1.82) is 0 Å². The summed E-state index contributed by atoms with van der Waals surface area (Å²) in [5, 5.41) is 19.5. The lowest BCUT2D eigenvalue weighted by Crippen LogP contribution is -2.04. The van der Waals surface area contributed by atoms with E-state index in [0.717, 1.165) is 18.2 Å². The average molecular weight is 291 g/mol. The number of nitrogens with zero attached hydrogens (tertiary/aromatic N) is 1. The smallest absolute Gasteiger partial charge is 0.339 e. The minimum Gasteiger partial charge on any atom is -0.488 e. The lowest BCUT2D eigenvalue weighted by Gasteiger charge is -2.09. The number of ether oxygens (including phenoxy) is 1. The van der Waals surface area contributed by atoms with Crippen LogP contribution in [-0.4, -0.2) is 16.0 Å². The van der Waals surface area contributed by atoms with Crippen molar-refractivity contribution in [2.24, 2.45) is 0 Å². The molecule has 7 heteroatoms. The number of nitro benzene ring substituents is 1. The Balaban J connectivity index is 2.14. The van der Waals surface area contributed by atoms with Gasteiger partial charge in [0.15, 0.2) is 0 Å². The van der Waals surface area contributed by atoms with Crippen molar-refractivity contribution in [1.82, 2.24) is 0 Å². The topological polar surface area (TPSA) is 89.7 Å². The molecular weight excluding hydrogens is 281 g/mol. The largest absolute Gasteiger partial charge is 0.488 e. The number of hydrogen-bond acceptors (Lipinski definition) is 4. The summed E-state index contributed by atoms with van der Waals surface area (Å²) in [5.74, 6) is -1.94. The number of rotatable bonds is 5. The van der Waals surface area contributed by atoms with E-state index in [9.17, 15) is 19.3 Å². The highest BCUT2D eigenvalue weighted by Crippen LogP contribution is 2.22. The molecule has 0 unspecified atom stereocenters. The maximum Gasteiger partial charge on any atom is 0.339 e. The third-order valence-electron chi connectivity index (χ3n) is 2.72. The first kappa shape index (κ1) is 14.4. The number of hydrogen-bond donors (Lipinski definition) is 1. The minimum atomic E-state index is -1.23. The van der Waals surface area contributed by atoms with E-state index in [2.05, 4.69) is 0 Å². The van der Waals surface area contributed by atoms with Crippen molar-refractivity contribution >= 4 is 11.7 Å². The van der Waals surface area contributed by atoms with Gasteiger partial charge in [-0.3, -0.25) is 10.1 Å². The van der Waals surface area contributed by atoms with Crippen LogP contribution in [0.4, 0.5) is 10.1 Å². The van der Waals surface area contributed by atoms with Crippen LogP contribution >= 0.6 is 0 Å². The number of non-ortho nitro benzene ring substituents is 1. The molecule has 0 aliphatic heterocycles. The Morgan fingerprint density at radius 1 is 1.24 bits per heavy atom. The molecule has 2 rings (SSSR count). The van der Waals surface area contributed by atoms with Crippen molar-refractivity contribution in [3.05, 3.63) is 69.5 Å². The van der Waals surface area contributed by atoms with Gasteiger partial charge in [-0.2, -0.15) is 0 Å². The number of benzene rings is 2. The molecule has 0 aromatic heterocycles. The van der Waals surface area contributed by atoms with Gasteiger partial charge in [0.25, 0.3) is 5.69 Å². The van der Waals surface area contributed by atoms with Crippen molar-refractivity contribution in [2.75, 3.05) is 0 Å². The molecule has 2 aromatic carbocycles. The predicted molar refractivity (Wildman–Crippen MR) is 70.8 cm³/mol. The minimum absolute atomic E-state index is 0.0261. The third-order valence-corrected chi connectivity index (χ3v) is 2.72. The summed E-state index contributed by atoms with van der Waals surface area (Å²) in [7, 11) is 0. The molecule has 0 aliphatic rings. The van der Waals surface area contributed by atoms with Crippen LogP contribution in [0.5, 0.6) is 5.75 Å². The first-order valence-corrected chi connectivity index (χ1v) is 5.86. The SMILES string of the molecule is O=C(O)c1ccc(F)cc1OCc1ccc([N+](=O)[O-])cc1. The van der Waals surface area contributed by atoms with Crippen molar-refractivity contribution in [3.8, 4) is 5.75 Å². The molecule has 0 bridgehead atoms. The summed E-state index contributed by atoms with van der Waals surface area (Å²) in [6.45, 7) is -0.0261. The normalized spacial score (nSPS) is 10.1. The maximum absolute atomic E-state index is 13.1. The van der Waals surface area contributed by atoms with Gasteiger partial charge < -0.3 is 9.84 Å². The molecule has 0 spiro atoms. The Labute approximate surface area is 118 Å². The van der Waals surface area contributed by atoms with Crippen LogP contribution in [0.1, 0.15) is 15.9 Å². The van der Waals surface area contributed by atoms with Gasteiger partial charge in [-0.15, -0.1) is 0 Å². The number of carbonyl (C=O) groups is 1. The summed E-state index contributed by atoms with van der Waals surface area (Å²) in [6.07, 6.45) is 0. The molecule has 0 saturated carbocycles. The first-order chi connectivity index (χ1) is 9.97. The molecule has 0 amide bonds. The number of halogens is 1. The molecule has 21 heavy (non-hydrogen) atoms. The lowest BCUT2D eigenvalue weighted by atomic mass is 10.2. The van der Waals surface area contributed by atoms with Crippen LogP contribution in [0.25, 0.3) is 0 Å². The van der Waals surface area contributed by atoms with Gasteiger partial charge in [-0.25, -0.2) is 9.18 Å². The van der Waals surface area contributed by atoms with E-state index in [1.165, 1.54) is 24.3 Å². The highest BCUT2D eigenvalue weighted by atomic mass is 19.1. The van der Waals surface area contributed by atoms with E-state index < -0.39 is 16.7 Å². The van der Waals surface area contributed by atoms with Crippen LogP contribution < -0.4 is 4.74 Å². The highest BCUT2D eigenvalue weighted by molar-refractivity contribution is 5.90. The van der Waals surface area contributed by atoms with Gasteiger partial charge in [0.2, 0.25) is 0 Å². The number of aromatic carboxylic acids is 1. The second kappa shape index (κ2) is 6.00. The maximum atomic E-state index is 13.1. The molecule has 0 heterocycles. The predicted octanol–water partition coefficient (Wildman–Crippen LogP) is 3.01. The summed E-state index contributed by atoms with van der Waals surface area (Å²) < 4.78 is 18.4. The van der Waals surface area contributed by atoms with E-state index in [4.69, 9.17) is 9.84 Å². The summed E-state index contributed by atoms with van der Waals surface area (Å²) >= 11 is 0. The second-order valence-electron chi connectivity index (χ2n) is 4.16. The molecule has 6 nitrogen and oxygen atoms in total. The van der Waals surface area contributed by atoms with Gasteiger partial charge in [-0.05, 0) is 29.8 Å². The van der Waals surface area contributed by atoms with Crippen LogP contribution in [0.15, 0.2) is 42.5 Å². The van der Waals surface area contributed by atoms with Gasteiger partial charge in [0.05, 0.1) is 4.92 Å². The summed E-state index contributed by atoms with van der Waals surface area (Å²) in [6, 6.07) is 8.71. The fourth-order valence-corrected chi connectivity index (χ4v) is 1.67. The molecule has 0 fully saturated rings. The van der Waals surface area contributed by atoms with E-state index in [0.29, 0.717) is 5.56 Å². The van der Waals surface area contributed by atoms with Crippen LogP contribution in [-0.2, 0) is 6.61 Å².